The summed E-state index contributed by atoms with van der Waals surface area (Å²) in [6, 6.07) is 33.1. The van der Waals surface area contributed by atoms with Gasteiger partial charge in [-0.2, -0.15) is 0 Å². The quantitative estimate of drug-likeness (QED) is 0.515. The van der Waals surface area contributed by atoms with Crippen molar-refractivity contribution in [1.82, 2.24) is 4.98 Å². The lowest BCUT2D eigenvalue weighted by molar-refractivity contribution is 0.102. The van der Waals surface area contributed by atoms with Crippen LogP contribution in [0.25, 0.3) is 22.4 Å². The number of anilines is 1. The first-order chi connectivity index (χ1) is 13.3. The summed E-state index contributed by atoms with van der Waals surface area (Å²) in [4.78, 5) is 17.2. The first-order valence-corrected chi connectivity index (χ1v) is 8.79. The van der Waals surface area contributed by atoms with Crippen molar-refractivity contribution in [2.45, 2.75) is 0 Å². The van der Waals surface area contributed by atoms with Gasteiger partial charge in [-0.15, -0.1) is 0 Å². The monoisotopic (exact) mass is 350 g/mol. The van der Waals surface area contributed by atoms with Crippen LogP contribution in [0.15, 0.2) is 103 Å². The second-order valence-corrected chi connectivity index (χ2v) is 6.18. The summed E-state index contributed by atoms with van der Waals surface area (Å²) in [6.45, 7) is 0. The SMILES string of the molecule is O=C(Nc1cc(-c2ccccc2)cc(-c2ccccc2)n1)c1ccccc1. The van der Waals surface area contributed by atoms with E-state index in [1.807, 2.05) is 91.0 Å². The van der Waals surface area contributed by atoms with Crippen molar-refractivity contribution in [2.24, 2.45) is 0 Å². The van der Waals surface area contributed by atoms with Gasteiger partial charge in [-0.25, -0.2) is 4.98 Å². The predicted molar refractivity (Wildman–Crippen MR) is 110 cm³/mol. The van der Waals surface area contributed by atoms with Gasteiger partial charge in [-0.05, 0) is 35.4 Å². The van der Waals surface area contributed by atoms with Crippen LogP contribution in [0.3, 0.4) is 0 Å². The maximum absolute atomic E-state index is 12.6. The molecule has 0 atom stereocenters. The smallest absolute Gasteiger partial charge is 0.256 e. The Morgan fingerprint density at radius 3 is 1.81 bits per heavy atom. The minimum atomic E-state index is -0.174. The second-order valence-electron chi connectivity index (χ2n) is 6.18. The summed E-state index contributed by atoms with van der Waals surface area (Å²) >= 11 is 0. The number of nitrogens with zero attached hydrogens (tertiary/aromatic N) is 1. The summed E-state index contributed by atoms with van der Waals surface area (Å²) in [7, 11) is 0. The standard InChI is InChI=1S/C24H18N2O/c27-24(20-14-8-3-9-15-20)26-23-17-21(18-10-4-1-5-11-18)16-22(25-23)19-12-6-2-7-13-19/h1-17H,(H,25,26,27). The fourth-order valence-corrected chi connectivity index (χ4v) is 2.93. The summed E-state index contributed by atoms with van der Waals surface area (Å²) in [5.74, 6) is 0.358. The number of hydrogen-bond donors (Lipinski definition) is 1. The van der Waals surface area contributed by atoms with Gasteiger partial charge in [-0.3, -0.25) is 4.79 Å². The molecule has 0 unspecified atom stereocenters. The summed E-state index contributed by atoms with van der Waals surface area (Å²) in [5, 5.41) is 2.93. The molecule has 4 rings (SSSR count). The van der Waals surface area contributed by atoms with Gasteiger partial charge in [0.2, 0.25) is 0 Å². The Kier molecular flexibility index (Phi) is 4.75. The Bertz CT molecular complexity index is 988. The van der Waals surface area contributed by atoms with Gasteiger partial charge in [0, 0.05) is 11.1 Å². The van der Waals surface area contributed by atoms with Crippen molar-refractivity contribution in [3.63, 3.8) is 0 Å². The molecule has 0 aliphatic rings. The minimum Gasteiger partial charge on any atom is -0.307 e. The molecule has 1 N–H and O–H groups in total. The number of nitrogens with one attached hydrogen (secondary N) is 1. The molecule has 0 saturated carbocycles. The largest absolute Gasteiger partial charge is 0.307 e. The van der Waals surface area contributed by atoms with Crippen LogP contribution in [0.5, 0.6) is 0 Å². The Balaban J connectivity index is 1.75. The molecule has 3 heteroatoms. The fraction of sp³-hybridized carbons (Fsp3) is 0. The van der Waals surface area contributed by atoms with Crippen LogP contribution in [0.1, 0.15) is 10.4 Å². The van der Waals surface area contributed by atoms with Crippen molar-refractivity contribution in [2.75, 3.05) is 5.32 Å². The Hall–Kier alpha value is -3.72. The lowest BCUT2D eigenvalue weighted by atomic mass is 10.0. The second kappa shape index (κ2) is 7.67. The van der Waals surface area contributed by atoms with Gasteiger partial charge in [-0.1, -0.05) is 78.9 Å². The van der Waals surface area contributed by atoms with Crippen LogP contribution in [0.4, 0.5) is 5.82 Å². The highest BCUT2D eigenvalue weighted by Crippen LogP contribution is 2.28. The molecule has 0 radical (unpaired) electrons. The van der Waals surface area contributed by atoms with E-state index >= 15 is 0 Å². The first kappa shape index (κ1) is 16.7. The van der Waals surface area contributed by atoms with E-state index in [4.69, 9.17) is 0 Å². The number of carbonyl (C=O) groups is 1. The number of pyridine rings is 1. The number of aromatic nitrogens is 1. The molecule has 3 nitrogen and oxygen atoms in total. The van der Waals surface area contributed by atoms with Crippen LogP contribution in [-0.2, 0) is 0 Å². The van der Waals surface area contributed by atoms with Crippen LogP contribution >= 0.6 is 0 Å². The van der Waals surface area contributed by atoms with E-state index in [2.05, 4.69) is 10.3 Å². The van der Waals surface area contributed by atoms with Gasteiger partial charge in [0.05, 0.1) is 5.69 Å². The Morgan fingerprint density at radius 2 is 1.19 bits per heavy atom. The molecule has 0 saturated heterocycles. The van der Waals surface area contributed by atoms with E-state index in [0.29, 0.717) is 11.4 Å². The molecule has 1 heterocycles. The summed E-state index contributed by atoms with van der Waals surface area (Å²) in [5.41, 5.74) is 4.51. The van der Waals surface area contributed by atoms with Gasteiger partial charge < -0.3 is 5.32 Å². The highest BCUT2D eigenvalue weighted by atomic mass is 16.1. The molecule has 0 aliphatic carbocycles. The molecule has 3 aromatic carbocycles. The Labute approximate surface area is 158 Å². The molecule has 1 aromatic heterocycles. The summed E-state index contributed by atoms with van der Waals surface area (Å²) < 4.78 is 0. The third-order valence-electron chi connectivity index (χ3n) is 4.28. The third-order valence-corrected chi connectivity index (χ3v) is 4.28. The van der Waals surface area contributed by atoms with Gasteiger partial charge in [0.25, 0.3) is 5.91 Å². The van der Waals surface area contributed by atoms with Crippen molar-refractivity contribution < 1.29 is 4.79 Å². The van der Waals surface area contributed by atoms with Crippen molar-refractivity contribution >= 4 is 11.7 Å². The van der Waals surface area contributed by atoms with E-state index in [0.717, 1.165) is 22.4 Å². The maximum atomic E-state index is 12.6. The van der Waals surface area contributed by atoms with E-state index in [9.17, 15) is 4.79 Å². The molecule has 0 fully saturated rings. The van der Waals surface area contributed by atoms with Crippen LogP contribution in [-0.4, -0.2) is 10.9 Å². The number of carbonyl (C=O) groups excluding carboxylic acids is 1. The van der Waals surface area contributed by atoms with E-state index in [1.54, 1.807) is 12.1 Å². The molecule has 130 valence electrons. The maximum Gasteiger partial charge on any atom is 0.256 e. The molecule has 1 amide bonds. The zero-order valence-electron chi connectivity index (χ0n) is 14.7. The molecular weight excluding hydrogens is 332 g/mol. The average molecular weight is 350 g/mol. The molecule has 0 spiro atoms. The average Bonchev–Trinajstić information content (AvgIpc) is 2.75. The van der Waals surface area contributed by atoms with E-state index < -0.39 is 0 Å². The van der Waals surface area contributed by atoms with Crippen LogP contribution in [0.2, 0.25) is 0 Å². The number of amides is 1. The zero-order chi connectivity index (χ0) is 18.5. The summed E-state index contributed by atoms with van der Waals surface area (Å²) in [6.07, 6.45) is 0. The third kappa shape index (κ3) is 3.93. The fourth-order valence-electron chi connectivity index (χ4n) is 2.93. The highest BCUT2D eigenvalue weighted by molar-refractivity contribution is 6.04. The number of rotatable bonds is 4. The topological polar surface area (TPSA) is 42.0 Å². The minimum absolute atomic E-state index is 0.174. The lowest BCUT2D eigenvalue weighted by Crippen LogP contribution is -2.13. The molecule has 4 aromatic rings. The number of benzene rings is 3. The van der Waals surface area contributed by atoms with Crippen molar-refractivity contribution in [3.8, 4) is 22.4 Å². The van der Waals surface area contributed by atoms with Gasteiger partial charge in [0.1, 0.15) is 5.82 Å². The van der Waals surface area contributed by atoms with Crippen molar-refractivity contribution in [1.29, 1.82) is 0 Å². The van der Waals surface area contributed by atoms with Crippen molar-refractivity contribution in [3.05, 3.63) is 109 Å². The first-order valence-electron chi connectivity index (χ1n) is 8.79. The van der Waals surface area contributed by atoms with E-state index in [-0.39, 0.29) is 5.91 Å². The lowest BCUT2D eigenvalue weighted by Gasteiger charge is -2.11. The number of hydrogen-bond acceptors (Lipinski definition) is 2. The van der Waals surface area contributed by atoms with Crippen LogP contribution < -0.4 is 5.32 Å². The Morgan fingerprint density at radius 1 is 0.630 bits per heavy atom. The van der Waals surface area contributed by atoms with Crippen LogP contribution in [0, 0.1) is 0 Å². The molecule has 0 bridgehead atoms. The zero-order valence-corrected chi connectivity index (χ0v) is 14.7. The normalized spacial score (nSPS) is 10.4. The molecular formula is C24H18N2O. The van der Waals surface area contributed by atoms with E-state index in [1.165, 1.54) is 0 Å². The van der Waals surface area contributed by atoms with Gasteiger partial charge >= 0.3 is 0 Å². The molecule has 27 heavy (non-hydrogen) atoms. The predicted octanol–water partition coefficient (Wildman–Crippen LogP) is 5.67. The molecule has 0 aliphatic heterocycles. The highest BCUT2D eigenvalue weighted by Gasteiger charge is 2.10. The van der Waals surface area contributed by atoms with Gasteiger partial charge in [0.15, 0.2) is 0 Å².